The van der Waals surface area contributed by atoms with E-state index in [1.807, 2.05) is 61.5 Å². The van der Waals surface area contributed by atoms with Crippen LogP contribution >= 0.6 is 23.4 Å². The third-order valence-corrected chi connectivity index (χ3v) is 11.5. The van der Waals surface area contributed by atoms with Gasteiger partial charge in [0, 0.05) is 40.4 Å². The first-order valence-corrected chi connectivity index (χ1v) is 19.1. The number of amidine groups is 1. The Labute approximate surface area is 306 Å². The first-order valence-electron chi connectivity index (χ1n) is 17.8. The molecule has 0 aromatic heterocycles. The van der Waals surface area contributed by atoms with Gasteiger partial charge in [-0.3, -0.25) is 9.79 Å². The quantitative estimate of drug-likeness (QED) is 0.197. The number of carbonyl (C=O) groups is 1. The van der Waals surface area contributed by atoms with Crippen molar-refractivity contribution in [1.29, 1.82) is 0 Å². The molecule has 5 atom stereocenters. The van der Waals surface area contributed by atoms with E-state index in [1.165, 1.54) is 11.3 Å². The van der Waals surface area contributed by atoms with Crippen molar-refractivity contribution in [2.75, 3.05) is 11.9 Å². The van der Waals surface area contributed by atoms with Gasteiger partial charge in [0.05, 0.1) is 5.25 Å². The predicted octanol–water partition coefficient (Wildman–Crippen LogP) is 11.4. The Morgan fingerprint density at radius 1 is 1.22 bits per heavy atom. The summed E-state index contributed by atoms with van der Waals surface area (Å²) in [6.07, 6.45) is 17.0. The molecule has 50 heavy (non-hydrogen) atoms. The zero-order valence-electron chi connectivity index (χ0n) is 29.1. The lowest BCUT2D eigenvalue weighted by Crippen LogP contribution is -2.39. The number of fused-ring (bicyclic) bond motifs is 1. The van der Waals surface area contributed by atoms with E-state index < -0.39 is 6.17 Å². The highest BCUT2D eigenvalue weighted by atomic mass is 35.5. The summed E-state index contributed by atoms with van der Waals surface area (Å²) in [5, 5.41) is 5.93. The maximum Gasteiger partial charge on any atom is 0.227 e. The standard InChI is InChI=1S/C43H47ClFN3OS/c1-5-12-32(16-9-13-30(4)45)39-38-26-34(31-14-10-17-33(18-11-15-31)43(49)46-35-19-7-6-8-20-35)27-48(38)42(41-29(3)23-24-50-41)47-40(39)36-22-21-28(2)25-37(36)44/h5-9,12,14,16,19-25,30,33-34,40-41H,1,3,10-11,13,15,17-18,26-27H2,2,4H3,(H,46,49)/b16-9-,31-14-,32-12+/t30?,33?,34-,40-,41?/m0/s1. The number of allylic oxidation sites excluding steroid dienone is 7. The Balaban J connectivity index is 1.36. The normalized spacial score (nSPS) is 25.9. The summed E-state index contributed by atoms with van der Waals surface area (Å²) in [5.41, 5.74) is 8.69. The van der Waals surface area contributed by atoms with Crippen LogP contribution in [0.5, 0.6) is 0 Å². The van der Waals surface area contributed by atoms with Gasteiger partial charge in [-0.25, -0.2) is 4.39 Å². The maximum absolute atomic E-state index is 14.0. The van der Waals surface area contributed by atoms with Gasteiger partial charge in [0.2, 0.25) is 5.91 Å². The first-order chi connectivity index (χ1) is 24.2. The molecule has 3 heterocycles. The average Bonchev–Trinajstić information content (AvgIpc) is 3.71. The first kappa shape index (κ1) is 35.9. The number of aliphatic imine (C=N–C) groups is 1. The van der Waals surface area contributed by atoms with E-state index in [4.69, 9.17) is 16.6 Å². The highest BCUT2D eigenvalue weighted by molar-refractivity contribution is 8.03. The van der Waals surface area contributed by atoms with Crippen LogP contribution < -0.4 is 5.32 Å². The van der Waals surface area contributed by atoms with Gasteiger partial charge in [-0.2, -0.15) is 0 Å². The van der Waals surface area contributed by atoms with E-state index in [9.17, 15) is 9.18 Å². The van der Waals surface area contributed by atoms with E-state index in [-0.39, 0.29) is 23.1 Å². The Bertz CT molecular complexity index is 1800. The van der Waals surface area contributed by atoms with E-state index in [0.717, 1.165) is 84.4 Å². The fraction of sp³-hybridized carbons (Fsp3) is 0.349. The largest absolute Gasteiger partial charge is 0.332 e. The second-order valence-electron chi connectivity index (χ2n) is 13.8. The van der Waals surface area contributed by atoms with E-state index in [1.54, 1.807) is 24.8 Å². The summed E-state index contributed by atoms with van der Waals surface area (Å²) in [5.74, 6) is 1.43. The maximum atomic E-state index is 14.0. The number of anilines is 1. The van der Waals surface area contributed by atoms with E-state index >= 15 is 0 Å². The topological polar surface area (TPSA) is 44.7 Å². The molecule has 0 radical (unpaired) electrons. The molecule has 0 spiro atoms. The van der Waals surface area contributed by atoms with Crippen molar-refractivity contribution in [2.45, 2.75) is 76.3 Å². The van der Waals surface area contributed by atoms with Crippen molar-refractivity contribution >= 4 is 40.8 Å². The van der Waals surface area contributed by atoms with Gasteiger partial charge < -0.3 is 10.2 Å². The van der Waals surface area contributed by atoms with Crippen LogP contribution in [0.4, 0.5) is 10.1 Å². The van der Waals surface area contributed by atoms with Gasteiger partial charge in [-0.15, -0.1) is 11.8 Å². The molecule has 260 valence electrons. The molecule has 7 heteroatoms. The number of nitrogens with one attached hydrogen (secondary N) is 1. The molecule has 0 saturated carbocycles. The lowest BCUT2D eigenvalue weighted by molar-refractivity contribution is -0.120. The van der Waals surface area contributed by atoms with E-state index in [0.29, 0.717) is 17.4 Å². The second-order valence-corrected chi connectivity index (χ2v) is 15.2. The highest BCUT2D eigenvalue weighted by Crippen LogP contribution is 2.49. The molecule has 0 bridgehead atoms. The minimum atomic E-state index is -0.937. The average molecular weight is 708 g/mol. The fourth-order valence-electron chi connectivity index (χ4n) is 7.53. The Kier molecular flexibility index (Phi) is 11.8. The molecule has 6 rings (SSSR count). The molecule has 1 amide bonds. The van der Waals surface area contributed by atoms with Crippen molar-refractivity contribution in [3.8, 4) is 0 Å². The number of hydrogen-bond donors (Lipinski definition) is 1. The molecule has 4 nitrogen and oxygen atoms in total. The number of aryl methyl sites for hydroxylation is 1. The van der Waals surface area contributed by atoms with Crippen LogP contribution in [0.25, 0.3) is 0 Å². The van der Waals surface area contributed by atoms with Crippen LogP contribution in [0, 0.1) is 18.8 Å². The molecular formula is C43H47ClFN3OS. The number of hydrogen-bond acceptors (Lipinski definition) is 4. The van der Waals surface area contributed by atoms with Gasteiger partial charge in [-0.05, 0) is 105 Å². The number of benzene rings is 2. The molecule has 1 fully saturated rings. The Hall–Kier alpha value is -3.87. The molecule has 2 aromatic rings. The monoisotopic (exact) mass is 707 g/mol. The smallest absolute Gasteiger partial charge is 0.227 e. The van der Waals surface area contributed by atoms with Crippen molar-refractivity contribution in [1.82, 2.24) is 4.90 Å². The number of alkyl halides is 1. The Morgan fingerprint density at radius 2 is 2.04 bits per heavy atom. The molecule has 1 N–H and O–H groups in total. The van der Waals surface area contributed by atoms with Crippen molar-refractivity contribution in [3.05, 3.63) is 148 Å². The van der Waals surface area contributed by atoms with Crippen molar-refractivity contribution in [3.63, 3.8) is 0 Å². The number of amides is 1. The van der Waals surface area contributed by atoms with Gasteiger partial charge in [0.1, 0.15) is 18.0 Å². The molecule has 1 saturated heterocycles. The van der Waals surface area contributed by atoms with Gasteiger partial charge in [-0.1, -0.05) is 97.1 Å². The zero-order valence-corrected chi connectivity index (χ0v) is 30.7. The third kappa shape index (κ3) is 8.19. The summed E-state index contributed by atoms with van der Waals surface area (Å²) in [7, 11) is 0. The summed E-state index contributed by atoms with van der Waals surface area (Å²) >= 11 is 8.76. The molecule has 3 aliphatic heterocycles. The van der Waals surface area contributed by atoms with Crippen LogP contribution in [0.1, 0.15) is 69.0 Å². The zero-order chi connectivity index (χ0) is 35.2. The lowest BCUT2D eigenvalue weighted by Gasteiger charge is -2.36. The summed E-state index contributed by atoms with van der Waals surface area (Å²) in [4.78, 5) is 21.2. The Morgan fingerprint density at radius 3 is 2.76 bits per heavy atom. The minimum absolute atomic E-state index is 0.000642. The highest BCUT2D eigenvalue weighted by Gasteiger charge is 2.43. The summed E-state index contributed by atoms with van der Waals surface area (Å²) < 4.78 is 14.0. The number of halogens is 2. The molecular weight excluding hydrogens is 661 g/mol. The number of thioether (sulfide) groups is 1. The fourth-order valence-corrected chi connectivity index (χ4v) is 8.84. The van der Waals surface area contributed by atoms with Gasteiger partial charge in [0.25, 0.3) is 0 Å². The van der Waals surface area contributed by atoms with Crippen molar-refractivity contribution in [2.24, 2.45) is 16.8 Å². The van der Waals surface area contributed by atoms with Crippen LogP contribution in [-0.2, 0) is 4.79 Å². The second kappa shape index (κ2) is 16.4. The van der Waals surface area contributed by atoms with Gasteiger partial charge >= 0.3 is 0 Å². The SMILES string of the molecule is C=C/C=C(\C=C/CC(C)F)C1=C2C[C@H](/C3=C\CCC(C(=O)Nc4ccccc4)CCC3)CN2C(C2SC=CC2=C)=N[C@H]1c1ccc(C)cc1Cl. The van der Waals surface area contributed by atoms with E-state index in [2.05, 4.69) is 53.1 Å². The third-order valence-electron chi connectivity index (χ3n) is 10.1. The van der Waals surface area contributed by atoms with Crippen LogP contribution in [0.3, 0.4) is 0 Å². The summed E-state index contributed by atoms with van der Waals surface area (Å²) in [6.45, 7) is 12.9. The van der Waals surface area contributed by atoms with Gasteiger partial charge in [0.15, 0.2) is 0 Å². The lowest BCUT2D eigenvalue weighted by atomic mass is 9.84. The van der Waals surface area contributed by atoms with Crippen molar-refractivity contribution < 1.29 is 9.18 Å². The van der Waals surface area contributed by atoms with Crippen LogP contribution in [0.15, 0.2) is 137 Å². The van der Waals surface area contributed by atoms with Crippen LogP contribution in [0.2, 0.25) is 5.02 Å². The molecule has 3 unspecified atom stereocenters. The van der Waals surface area contributed by atoms with Crippen LogP contribution in [-0.4, -0.2) is 34.6 Å². The minimum Gasteiger partial charge on any atom is -0.332 e. The molecule has 2 aromatic carbocycles. The molecule has 4 aliphatic rings. The predicted molar refractivity (Wildman–Crippen MR) is 210 cm³/mol. The molecule has 1 aliphatic carbocycles. The number of carbonyl (C=O) groups excluding carboxylic acids is 1. The number of para-hydroxylation sites is 1. The summed E-state index contributed by atoms with van der Waals surface area (Å²) in [6, 6.07) is 15.6. The number of rotatable bonds is 10. The number of nitrogens with zero attached hydrogens (tertiary/aromatic N) is 2.